The Kier molecular flexibility index (Phi) is 6.09. The van der Waals surface area contributed by atoms with E-state index < -0.39 is 22.8 Å². The molecule has 33 heavy (non-hydrogen) atoms. The van der Waals surface area contributed by atoms with Crippen molar-refractivity contribution in [1.82, 2.24) is 19.9 Å². The number of ether oxygens (including phenoxy) is 1. The number of rotatable bonds is 7. The summed E-state index contributed by atoms with van der Waals surface area (Å²) in [6, 6.07) is 1.09. The van der Waals surface area contributed by atoms with E-state index in [1.54, 1.807) is 11.6 Å². The molecule has 2 saturated heterocycles. The Morgan fingerprint density at radius 2 is 2.03 bits per heavy atom. The van der Waals surface area contributed by atoms with Crippen molar-refractivity contribution in [3.63, 3.8) is 0 Å². The van der Waals surface area contributed by atoms with Crippen LogP contribution < -0.4 is 15.6 Å². The van der Waals surface area contributed by atoms with Crippen LogP contribution in [0.4, 0.5) is 10.2 Å². The molecule has 2 N–H and O–H groups in total. The molecule has 0 saturated carbocycles. The van der Waals surface area contributed by atoms with Gasteiger partial charge >= 0.3 is 5.97 Å². The van der Waals surface area contributed by atoms with Gasteiger partial charge in [-0.1, -0.05) is 0 Å². The summed E-state index contributed by atoms with van der Waals surface area (Å²) >= 11 is 1.27. The number of carboxylic acids is 1. The lowest BCUT2D eigenvalue weighted by Crippen LogP contribution is -2.52. The van der Waals surface area contributed by atoms with Crippen LogP contribution in [0, 0.1) is 17.7 Å². The summed E-state index contributed by atoms with van der Waals surface area (Å²) in [6.07, 6.45) is 4.95. The fraction of sp³-hybridized carbons (Fsp3) is 0.455. The van der Waals surface area contributed by atoms with E-state index in [4.69, 9.17) is 4.74 Å². The fourth-order valence-corrected chi connectivity index (χ4v) is 5.00. The van der Waals surface area contributed by atoms with E-state index in [1.807, 2.05) is 4.90 Å². The van der Waals surface area contributed by atoms with Gasteiger partial charge in [-0.05, 0) is 31.4 Å². The number of nitrogens with zero attached hydrogens (tertiary/aromatic N) is 4. The number of aromatic nitrogens is 3. The molecule has 174 valence electrons. The first-order chi connectivity index (χ1) is 16.0. The molecule has 0 amide bonds. The summed E-state index contributed by atoms with van der Waals surface area (Å²) in [5.41, 5.74) is -1.02. The van der Waals surface area contributed by atoms with Crippen LogP contribution in [0.15, 0.2) is 28.6 Å². The monoisotopic (exact) mass is 473 g/mol. The highest BCUT2D eigenvalue weighted by atomic mass is 32.1. The summed E-state index contributed by atoms with van der Waals surface area (Å²) in [5.74, 6) is -0.821. The van der Waals surface area contributed by atoms with Crippen molar-refractivity contribution in [2.45, 2.75) is 12.8 Å². The van der Waals surface area contributed by atoms with E-state index in [0.717, 1.165) is 45.2 Å². The molecule has 0 spiro atoms. The molecule has 2 aliphatic heterocycles. The van der Waals surface area contributed by atoms with E-state index in [-0.39, 0.29) is 16.9 Å². The lowest BCUT2D eigenvalue weighted by atomic mass is 9.97. The highest BCUT2D eigenvalue weighted by Crippen LogP contribution is 2.28. The molecule has 2 aliphatic rings. The van der Waals surface area contributed by atoms with Crippen LogP contribution in [0.25, 0.3) is 16.2 Å². The topological polar surface area (TPSA) is 110 Å². The number of anilines is 1. The van der Waals surface area contributed by atoms with E-state index in [1.165, 1.54) is 22.1 Å². The molecule has 0 atom stereocenters. The average Bonchev–Trinajstić information content (AvgIpc) is 3.31. The Morgan fingerprint density at radius 1 is 1.27 bits per heavy atom. The van der Waals surface area contributed by atoms with Crippen molar-refractivity contribution < 1.29 is 19.0 Å². The molecule has 3 aromatic heterocycles. The Balaban J connectivity index is 1.36. The zero-order chi connectivity index (χ0) is 22.9. The van der Waals surface area contributed by atoms with Gasteiger partial charge in [0.25, 0.3) is 0 Å². The molecule has 5 rings (SSSR count). The van der Waals surface area contributed by atoms with Crippen LogP contribution in [0.1, 0.15) is 23.2 Å². The smallest absolute Gasteiger partial charge is 0.341 e. The maximum absolute atomic E-state index is 15.0. The quantitative estimate of drug-likeness (QED) is 0.537. The van der Waals surface area contributed by atoms with Crippen LogP contribution in [-0.2, 0) is 4.74 Å². The Labute approximate surface area is 192 Å². The standard InChI is InChI=1S/C22H24FN5O4S/c23-17-7-15-18(29)16(21(30)31)12-28(22-25-3-6-33-22)19(15)26-20(17)27-10-14(11-27)9-24-8-13-1-4-32-5-2-13/h3,6-7,12-14,24H,1-2,4-5,8-11H2,(H,30,31). The number of carbonyl (C=O) groups is 1. The first-order valence-corrected chi connectivity index (χ1v) is 11.8. The summed E-state index contributed by atoms with van der Waals surface area (Å²) in [4.78, 5) is 34.7. The molecule has 0 aliphatic carbocycles. The molecule has 5 heterocycles. The number of aromatic carboxylic acids is 1. The van der Waals surface area contributed by atoms with Gasteiger partial charge in [0, 0.05) is 56.5 Å². The van der Waals surface area contributed by atoms with E-state index in [2.05, 4.69) is 15.3 Å². The number of pyridine rings is 2. The third-order valence-corrected chi connectivity index (χ3v) is 7.00. The zero-order valence-electron chi connectivity index (χ0n) is 17.9. The second-order valence-electron chi connectivity index (χ2n) is 8.51. The van der Waals surface area contributed by atoms with Gasteiger partial charge in [0.1, 0.15) is 5.56 Å². The number of nitrogens with one attached hydrogen (secondary N) is 1. The zero-order valence-corrected chi connectivity index (χ0v) is 18.7. The average molecular weight is 474 g/mol. The minimum Gasteiger partial charge on any atom is -0.477 e. The molecule has 0 bridgehead atoms. The van der Waals surface area contributed by atoms with Gasteiger partial charge in [0.2, 0.25) is 5.43 Å². The largest absolute Gasteiger partial charge is 0.477 e. The van der Waals surface area contributed by atoms with Gasteiger partial charge in [0.15, 0.2) is 22.4 Å². The van der Waals surface area contributed by atoms with Gasteiger partial charge in [-0.15, -0.1) is 11.3 Å². The molecule has 9 nitrogen and oxygen atoms in total. The van der Waals surface area contributed by atoms with Crippen LogP contribution >= 0.6 is 11.3 Å². The number of fused-ring (bicyclic) bond motifs is 1. The number of halogens is 1. The van der Waals surface area contributed by atoms with Crippen molar-refractivity contribution in [1.29, 1.82) is 0 Å². The second-order valence-corrected chi connectivity index (χ2v) is 9.38. The molecular formula is C22H24FN5O4S. The molecule has 0 aromatic carbocycles. The highest BCUT2D eigenvalue weighted by Gasteiger charge is 2.31. The highest BCUT2D eigenvalue weighted by molar-refractivity contribution is 7.12. The first kappa shape index (κ1) is 21.9. The molecule has 0 unspecified atom stereocenters. The van der Waals surface area contributed by atoms with E-state index >= 15 is 0 Å². The van der Waals surface area contributed by atoms with Gasteiger partial charge in [-0.3, -0.25) is 9.36 Å². The van der Waals surface area contributed by atoms with Crippen molar-refractivity contribution in [3.8, 4) is 5.13 Å². The normalized spacial score (nSPS) is 17.4. The number of hydrogen-bond donors (Lipinski definition) is 2. The van der Waals surface area contributed by atoms with Crippen molar-refractivity contribution in [2.24, 2.45) is 11.8 Å². The maximum Gasteiger partial charge on any atom is 0.341 e. The molecular weight excluding hydrogens is 449 g/mol. The number of thiazole rings is 1. The van der Waals surface area contributed by atoms with Crippen LogP contribution in [0.2, 0.25) is 0 Å². The minimum atomic E-state index is -1.38. The maximum atomic E-state index is 15.0. The third-order valence-electron chi connectivity index (χ3n) is 6.23. The number of carboxylic acid groups (broad SMARTS) is 1. The van der Waals surface area contributed by atoms with E-state index in [9.17, 15) is 19.1 Å². The Hall–Kier alpha value is -2.89. The summed E-state index contributed by atoms with van der Waals surface area (Å²) in [6.45, 7) is 4.80. The molecule has 0 radical (unpaired) electrons. The minimum absolute atomic E-state index is 0.0819. The summed E-state index contributed by atoms with van der Waals surface area (Å²) in [7, 11) is 0. The van der Waals surface area contributed by atoms with Crippen molar-refractivity contribution >= 4 is 34.2 Å². The van der Waals surface area contributed by atoms with Gasteiger partial charge in [-0.2, -0.15) is 0 Å². The van der Waals surface area contributed by atoms with Crippen LogP contribution in [-0.4, -0.2) is 65.0 Å². The number of hydrogen-bond acceptors (Lipinski definition) is 8. The summed E-state index contributed by atoms with van der Waals surface area (Å²) in [5, 5.41) is 15.0. The van der Waals surface area contributed by atoms with Crippen molar-refractivity contribution in [3.05, 3.63) is 45.4 Å². The van der Waals surface area contributed by atoms with Gasteiger partial charge in [0.05, 0.1) is 5.39 Å². The van der Waals surface area contributed by atoms with Crippen LogP contribution in [0.3, 0.4) is 0 Å². The van der Waals surface area contributed by atoms with Crippen molar-refractivity contribution in [2.75, 3.05) is 44.3 Å². The Morgan fingerprint density at radius 3 is 2.73 bits per heavy atom. The predicted molar refractivity (Wildman–Crippen MR) is 122 cm³/mol. The van der Waals surface area contributed by atoms with E-state index in [0.29, 0.717) is 30.1 Å². The molecule has 11 heteroatoms. The first-order valence-electron chi connectivity index (χ1n) is 10.9. The Bertz CT molecular complexity index is 1220. The predicted octanol–water partition coefficient (Wildman–Crippen LogP) is 2.13. The molecule has 2 fully saturated rings. The second kappa shape index (κ2) is 9.16. The SMILES string of the molecule is O=C(O)c1cn(-c2nccs2)c2nc(N3CC(CNCC4CCOCC4)C3)c(F)cc2c1=O. The molecule has 3 aromatic rings. The summed E-state index contributed by atoms with van der Waals surface area (Å²) < 4.78 is 21.8. The van der Waals surface area contributed by atoms with Gasteiger partial charge < -0.3 is 20.1 Å². The fourth-order valence-electron chi connectivity index (χ4n) is 4.38. The third kappa shape index (κ3) is 4.35. The lowest BCUT2D eigenvalue weighted by Gasteiger charge is -2.40. The van der Waals surface area contributed by atoms with Crippen LogP contribution in [0.5, 0.6) is 0 Å². The lowest BCUT2D eigenvalue weighted by molar-refractivity contribution is 0.0659. The van der Waals surface area contributed by atoms with Gasteiger partial charge in [-0.25, -0.2) is 19.2 Å².